The number of halogens is 4. The molecule has 0 unspecified atom stereocenters. The van der Waals surface area contributed by atoms with Crippen molar-refractivity contribution in [1.29, 1.82) is 0 Å². The average Bonchev–Trinajstić information content (AvgIpc) is 3.17. The fourth-order valence-electron chi connectivity index (χ4n) is 3.02. The van der Waals surface area contributed by atoms with Crippen molar-refractivity contribution in [2.75, 3.05) is 17.2 Å². The number of carbonyl (C=O) groups excluding carboxylic acids is 1. The van der Waals surface area contributed by atoms with Crippen molar-refractivity contribution in [3.05, 3.63) is 64.0 Å². The van der Waals surface area contributed by atoms with E-state index in [2.05, 4.69) is 30.6 Å². The van der Waals surface area contributed by atoms with Crippen LogP contribution in [0.2, 0.25) is 10.0 Å². The normalized spacial score (nSPS) is 11.1. The van der Waals surface area contributed by atoms with E-state index in [0.717, 1.165) is 0 Å². The van der Waals surface area contributed by atoms with Gasteiger partial charge in [-0.05, 0) is 25.1 Å². The molecule has 8 nitrogen and oxygen atoms in total. The molecule has 0 saturated carbocycles. The highest BCUT2D eigenvalue weighted by Crippen LogP contribution is 2.32. The van der Waals surface area contributed by atoms with E-state index in [0.29, 0.717) is 39.3 Å². The van der Waals surface area contributed by atoms with Gasteiger partial charge < -0.3 is 20.4 Å². The van der Waals surface area contributed by atoms with E-state index >= 15 is 0 Å². The number of aromatic amines is 1. The second kappa shape index (κ2) is 9.55. The average molecular weight is 493 g/mol. The first kappa shape index (κ1) is 22.7. The number of aromatic nitrogens is 4. The number of hydrogen-bond acceptors (Lipinski definition) is 6. The number of H-pyrrole nitrogens is 1. The van der Waals surface area contributed by atoms with Crippen molar-refractivity contribution in [2.45, 2.75) is 13.3 Å². The fourth-order valence-corrected chi connectivity index (χ4v) is 3.48. The first-order valence-electron chi connectivity index (χ1n) is 9.64. The van der Waals surface area contributed by atoms with Gasteiger partial charge in [-0.2, -0.15) is 0 Å². The van der Waals surface area contributed by atoms with Gasteiger partial charge in [0.05, 0.1) is 38.9 Å². The highest BCUT2D eigenvalue weighted by molar-refractivity contribution is 6.39. The Labute approximate surface area is 196 Å². The van der Waals surface area contributed by atoms with Gasteiger partial charge in [0.2, 0.25) is 5.95 Å². The van der Waals surface area contributed by atoms with Gasteiger partial charge in [0.1, 0.15) is 17.3 Å². The van der Waals surface area contributed by atoms with Gasteiger partial charge in [0.25, 0.3) is 12.3 Å². The molecular formula is C21H16Cl2F2N6O2. The van der Waals surface area contributed by atoms with Crippen LogP contribution in [0.25, 0.3) is 11.0 Å². The standard InChI is InChI=1S/C21H16Cl2F2N6O2/c1-2-33-16-7-15-14(28-21(29-15)31-18-11(22)8-26-9-12(18)23)6-10(16)20(32)30-17-5-3-4-13(27-17)19(24)25/h3-9,19H,2H2,1H3,(H,27,30,32)(H2,26,28,29,31). The molecule has 0 aliphatic carbocycles. The molecule has 3 N–H and O–H groups in total. The monoisotopic (exact) mass is 492 g/mol. The molecule has 3 heterocycles. The number of imidazole rings is 1. The first-order chi connectivity index (χ1) is 15.9. The van der Waals surface area contributed by atoms with E-state index in [-0.39, 0.29) is 17.1 Å². The van der Waals surface area contributed by atoms with Crippen molar-refractivity contribution in [1.82, 2.24) is 19.9 Å². The number of carbonyl (C=O) groups is 1. The van der Waals surface area contributed by atoms with Gasteiger partial charge in [-0.1, -0.05) is 29.3 Å². The molecule has 4 aromatic rings. The lowest BCUT2D eigenvalue weighted by Gasteiger charge is -2.11. The van der Waals surface area contributed by atoms with E-state index in [9.17, 15) is 13.6 Å². The molecule has 0 saturated heterocycles. The van der Waals surface area contributed by atoms with Crippen LogP contribution in [0.3, 0.4) is 0 Å². The number of hydrogen-bond donors (Lipinski definition) is 3. The maximum Gasteiger partial charge on any atom is 0.280 e. The number of rotatable bonds is 7. The highest BCUT2D eigenvalue weighted by Gasteiger charge is 2.18. The third kappa shape index (κ3) is 4.96. The Morgan fingerprint density at radius 2 is 1.94 bits per heavy atom. The number of anilines is 3. The quantitative estimate of drug-likeness (QED) is 0.292. The molecule has 0 fully saturated rings. The molecule has 0 radical (unpaired) electrons. The van der Waals surface area contributed by atoms with Gasteiger partial charge in [0, 0.05) is 18.5 Å². The predicted molar refractivity (Wildman–Crippen MR) is 122 cm³/mol. The smallest absolute Gasteiger partial charge is 0.280 e. The Hall–Kier alpha value is -3.50. The van der Waals surface area contributed by atoms with E-state index in [1.54, 1.807) is 19.1 Å². The van der Waals surface area contributed by atoms with Crippen molar-refractivity contribution in [2.24, 2.45) is 0 Å². The lowest BCUT2D eigenvalue weighted by Crippen LogP contribution is -2.15. The summed E-state index contributed by atoms with van der Waals surface area (Å²) in [4.78, 5) is 28.0. The Balaban J connectivity index is 1.67. The van der Waals surface area contributed by atoms with Crippen LogP contribution in [0.1, 0.15) is 29.4 Å². The zero-order chi connectivity index (χ0) is 23.5. The summed E-state index contributed by atoms with van der Waals surface area (Å²) in [7, 11) is 0. The Morgan fingerprint density at radius 1 is 1.18 bits per heavy atom. The van der Waals surface area contributed by atoms with Crippen molar-refractivity contribution >= 4 is 57.6 Å². The van der Waals surface area contributed by atoms with Crippen LogP contribution in [0.15, 0.2) is 42.7 Å². The van der Waals surface area contributed by atoms with E-state index < -0.39 is 18.0 Å². The molecule has 170 valence electrons. The van der Waals surface area contributed by atoms with Gasteiger partial charge >= 0.3 is 0 Å². The van der Waals surface area contributed by atoms with E-state index in [1.807, 2.05) is 0 Å². The molecule has 1 aromatic carbocycles. The molecule has 1 amide bonds. The fraction of sp³-hybridized carbons (Fsp3) is 0.143. The van der Waals surface area contributed by atoms with Gasteiger partial charge in [0.15, 0.2) is 0 Å². The van der Waals surface area contributed by atoms with Gasteiger partial charge in [-0.15, -0.1) is 0 Å². The molecular weight excluding hydrogens is 477 g/mol. The molecule has 4 rings (SSSR count). The molecule has 12 heteroatoms. The summed E-state index contributed by atoms with van der Waals surface area (Å²) in [6.45, 7) is 2.06. The Kier molecular flexibility index (Phi) is 6.57. The minimum absolute atomic E-state index is 0.00529. The molecule has 0 aliphatic rings. The number of ether oxygens (including phenoxy) is 1. The molecule has 0 atom stereocenters. The zero-order valence-corrected chi connectivity index (χ0v) is 18.5. The minimum atomic E-state index is -2.75. The van der Waals surface area contributed by atoms with Crippen LogP contribution in [0.5, 0.6) is 5.75 Å². The zero-order valence-electron chi connectivity index (χ0n) is 17.0. The minimum Gasteiger partial charge on any atom is -0.493 e. The Bertz CT molecular complexity index is 1310. The van der Waals surface area contributed by atoms with Crippen LogP contribution in [0, 0.1) is 0 Å². The summed E-state index contributed by atoms with van der Waals surface area (Å²) >= 11 is 12.3. The SMILES string of the molecule is CCOc1cc2nc(Nc3c(Cl)cncc3Cl)[nH]c2cc1C(=O)Nc1cccc(C(F)F)n1. The molecule has 33 heavy (non-hydrogen) atoms. The van der Waals surface area contributed by atoms with Gasteiger partial charge in [-0.25, -0.2) is 18.7 Å². The van der Waals surface area contributed by atoms with Crippen LogP contribution < -0.4 is 15.4 Å². The molecule has 0 bridgehead atoms. The number of nitrogens with one attached hydrogen (secondary N) is 3. The topological polar surface area (TPSA) is 105 Å². The number of fused-ring (bicyclic) bond motifs is 1. The predicted octanol–water partition coefficient (Wildman–Crippen LogP) is 5.99. The maximum absolute atomic E-state index is 12.9. The van der Waals surface area contributed by atoms with Crippen LogP contribution >= 0.6 is 23.2 Å². The first-order valence-corrected chi connectivity index (χ1v) is 10.4. The second-order valence-electron chi connectivity index (χ2n) is 6.69. The summed E-state index contributed by atoms with van der Waals surface area (Å²) in [5, 5.41) is 6.12. The lowest BCUT2D eigenvalue weighted by atomic mass is 10.1. The summed E-state index contributed by atoms with van der Waals surface area (Å²) in [5.74, 6) is 0.00901. The maximum atomic E-state index is 12.9. The summed E-state index contributed by atoms with van der Waals surface area (Å²) in [6, 6.07) is 7.12. The number of pyridine rings is 2. The third-order valence-electron chi connectivity index (χ3n) is 4.46. The van der Waals surface area contributed by atoms with Crippen molar-refractivity contribution < 1.29 is 18.3 Å². The summed E-state index contributed by atoms with van der Waals surface area (Å²) < 4.78 is 31.5. The molecule has 0 spiro atoms. The number of amides is 1. The van der Waals surface area contributed by atoms with Crippen molar-refractivity contribution in [3.63, 3.8) is 0 Å². The largest absolute Gasteiger partial charge is 0.493 e. The third-order valence-corrected chi connectivity index (χ3v) is 5.03. The van der Waals surface area contributed by atoms with Crippen molar-refractivity contribution in [3.8, 4) is 5.75 Å². The van der Waals surface area contributed by atoms with Gasteiger partial charge in [-0.3, -0.25) is 9.78 Å². The van der Waals surface area contributed by atoms with Crippen LogP contribution in [0.4, 0.5) is 26.2 Å². The number of nitrogens with zero attached hydrogens (tertiary/aromatic N) is 3. The Morgan fingerprint density at radius 3 is 2.64 bits per heavy atom. The molecule has 3 aromatic heterocycles. The van der Waals surface area contributed by atoms with E-state index in [4.69, 9.17) is 27.9 Å². The van der Waals surface area contributed by atoms with Crippen LogP contribution in [-0.2, 0) is 0 Å². The van der Waals surface area contributed by atoms with E-state index in [1.165, 1.54) is 30.6 Å². The number of alkyl halides is 2. The second-order valence-corrected chi connectivity index (χ2v) is 7.50. The summed E-state index contributed by atoms with van der Waals surface area (Å²) in [6.07, 6.45) is 0.117. The highest BCUT2D eigenvalue weighted by atomic mass is 35.5. The number of benzene rings is 1. The van der Waals surface area contributed by atoms with Crippen LogP contribution in [-0.4, -0.2) is 32.4 Å². The molecule has 0 aliphatic heterocycles. The lowest BCUT2D eigenvalue weighted by molar-refractivity contribution is 0.102. The summed E-state index contributed by atoms with van der Waals surface area (Å²) in [5.41, 5.74) is 1.17.